The van der Waals surface area contributed by atoms with Crippen LogP contribution >= 0.6 is 0 Å². The molecule has 21 heavy (non-hydrogen) atoms. The van der Waals surface area contributed by atoms with E-state index in [2.05, 4.69) is 26.0 Å². The van der Waals surface area contributed by atoms with E-state index < -0.39 is 0 Å². The van der Waals surface area contributed by atoms with Crippen LogP contribution in [0.1, 0.15) is 55.2 Å². The molecule has 1 aromatic carbocycles. The lowest BCUT2D eigenvalue weighted by atomic mass is 9.57. The fraction of sp³-hybridized carbons (Fsp3) is 0.579. The van der Waals surface area contributed by atoms with E-state index >= 15 is 0 Å². The third-order valence-electron chi connectivity index (χ3n) is 6.62. The van der Waals surface area contributed by atoms with Crippen LogP contribution in [-0.4, -0.2) is 16.3 Å². The summed E-state index contributed by atoms with van der Waals surface area (Å²) in [5.41, 5.74) is 3.70. The van der Waals surface area contributed by atoms with Crippen LogP contribution in [0, 0.1) is 24.2 Å². The van der Waals surface area contributed by atoms with Crippen LogP contribution in [-0.2, 0) is 0 Å². The van der Waals surface area contributed by atoms with Gasteiger partial charge in [0.1, 0.15) is 5.75 Å². The highest BCUT2D eigenvalue weighted by atomic mass is 16.3. The van der Waals surface area contributed by atoms with Crippen molar-refractivity contribution in [1.29, 1.82) is 0 Å². The first-order chi connectivity index (χ1) is 10.0. The first-order valence-electron chi connectivity index (χ1n) is 8.21. The molecule has 0 heterocycles. The highest BCUT2D eigenvalue weighted by Crippen LogP contribution is 2.61. The maximum atomic E-state index is 10.4. The fourth-order valence-electron chi connectivity index (χ4n) is 5.32. The van der Waals surface area contributed by atoms with Crippen molar-refractivity contribution in [1.82, 2.24) is 0 Å². The summed E-state index contributed by atoms with van der Waals surface area (Å²) in [5.74, 6) is 1.90. The summed E-state index contributed by atoms with van der Waals surface area (Å²) < 4.78 is 0. The van der Waals surface area contributed by atoms with Gasteiger partial charge < -0.3 is 10.2 Å². The molecule has 2 saturated carbocycles. The van der Waals surface area contributed by atoms with Crippen LogP contribution in [0.15, 0.2) is 18.2 Å². The minimum absolute atomic E-state index is 0.0719. The molecule has 3 aliphatic rings. The Morgan fingerprint density at radius 3 is 2.81 bits per heavy atom. The molecular weight excluding hydrogens is 260 g/mol. The van der Waals surface area contributed by atoms with Crippen LogP contribution in [0.3, 0.4) is 0 Å². The molecule has 112 valence electrons. The van der Waals surface area contributed by atoms with Gasteiger partial charge in [-0.15, -0.1) is 0 Å². The number of phenols is 1. The van der Waals surface area contributed by atoms with Gasteiger partial charge in [-0.05, 0) is 73.0 Å². The number of allylic oxidation sites excluding steroid dienone is 1. The van der Waals surface area contributed by atoms with Crippen molar-refractivity contribution in [2.45, 2.75) is 51.6 Å². The quantitative estimate of drug-likeness (QED) is 0.756. The molecule has 2 heteroatoms. The molecule has 2 nitrogen and oxygen atoms in total. The van der Waals surface area contributed by atoms with Crippen molar-refractivity contribution in [3.63, 3.8) is 0 Å². The Kier molecular flexibility index (Phi) is 2.78. The predicted molar refractivity (Wildman–Crippen MR) is 84.2 cm³/mol. The smallest absolute Gasteiger partial charge is 0.119 e. The average molecular weight is 284 g/mol. The minimum Gasteiger partial charge on any atom is -0.508 e. The Balaban J connectivity index is 1.81. The summed E-state index contributed by atoms with van der Waals surface area (Å²) in [6, 6.07) is 3.85. The first kappa shape index (κ1) is 13.4. The lowest BCUT2D eigenvalue weighted by Gasteiger charge is -2.48. The van der Waals surface area contributed by atoms with Gasteiger partial charge in [-0.1, -0.05) is 25.1 Å². The van der Waals surface area contributed by atoms with E-state index in [1.807, 2.05) is 12.1 Å². The number of hydrogen-bond donors (Lipinski definition) is 2. The maximum Gasteiger partial charge on any atom is 0.119 e. The highest BCUT2D eigenvalue weighted by molar-refractivity contribution is 5.65. The lowest BCUT2D eigenvalue weighted by Crippen LogP contribution is -2.42. The number of rotatable bonds is 0. The van der Waals surface area contributed by atoms with E-state index in [1.165, 1.54) is 11.1 Å². The van der Waals surface area contributed by atoms with E-state index in [-0.39, 0.29) is 11.5 Å². The molecule has 3 aliphatic carbocycles. The molecule has 0 unspecified atom stereocenters. The molecule has 1 aromatic rings. The summed E-state index contributed by atoms with van der Waals surface area (Å²) in [5, 5.41) is 20.8. The molecule has 5 atom stereocenters. The molecule has 0 saturated heterocycles. The Morgan fingerprint density at radius 1 is 1.19 bits per heavy atom. The van der Waals surface area contributed by atoms with E-state index in [4.69, 9.17) is 0 Å². The van der Waals surface area contributed by atoms with Gasteiger partial charge in [0.25, 0.3) is 0 Å². The second kappa shape index (κ2) is 4.36. The second-order valence-corrected chi connectivity index (χ2v) is 7.52. The Labute approximate surface area is 126 Å². The van der Waals surface area contributed by atoms with Gasteiger partial charge in [-0.25, -0.2) is 0 Å². The van der Waals surface area contributed by atoms with Crippen molar-refractivity contribution >= 4 is 6.08 Å². The fourth-order valence-corrected chi connectivity index (χ4v) is 5.32. The number of benzene rings is 1. The van der Waals surface area contributed by atoms with Crippen molar-refractivity contribution in [2.24, 2.45) is 17.3 Å². The number of aryl methyl sites for hydroxylation is 1. The Bertz CT molecular complexity index is 618. The molecule has 0 aromatic heterocycles. The molecule has 0 amide bonds. The third-order valence-corrected chi connectivity index (χ3v) is 6.62. The molecule has 2 fully saturated rings. The highest BCUT2D eigenvalue weighted by Gasteiger charge is 2.54. The maximum absolute atomic E-state index is 10.4. The first-order valence-corrected chi connectivity index (χ1v) is 8.21. The van der Waals surface area contributed by atoms with Crippen molar-refractivity contribution in [2.75, 3.05) is 0 Å². The number of aliphatic hydroxyl groups excluding tert-OH is 1. The van der Waals surface area contributed by atoms with E-state index in [0.717, 1.165) is 31.2 Å². The van der Waals surface area contributed by atoms with E-state index in [0.29, 0.717) is 23.5 Å². The van der Waals surface area contributed by atoms with Gasteiger partial charge in [-0.3, -0.25) is 0 Å². The van der Waals surface area contributed by atoms with Gasteiger partial charge in [0.05, 0.1) is 6.10 Å². The normalized spacial score (nSPS) is 40.5. The summed E-state index contributed by atoms with van der Waals surface area (Å²) in [6.45, 7) is 4.39. The lowest BCUT2D eigenvalue weighted by molar-refractivity contribution is -0.00820. The SMILES string of the molecule is Cc1ccc(O)c2c1C=C[C@@H]1[C@@H]2CC[C@]2(C)[C@@H](O)CC[C@@H]12. The summed E-state index contributed by atoms with van der Waals surface area (Å²) >= 11 is 0. The number of hydrogen-bond acceptors (Lipinski definition) is 2. The predicted octanol–water partition coefficient (Wildman–Crippen LogP) is 4.00. The van der Waals surface area contributed by atoms with Gasteiger partial charge in [0.2, 0.25) is 0 Å². The molecule has 0 radical (unpaired) electrons. The van der Waals surface area contributed by atoms with E-state index in [9.17, 15) is 10.2 Å². The monoisotopic (exact) mass is 284 g/mol. The van der Waals surface area contributed by atoms with Crippen molar-refractivity contribution in [3.8, 4) is 5.75 Å². The Morgan fingerprint density at radius 2 is 2.00 bits per heavy atom. The average Bonchev–Trinajstić information content (AvgIpc) is 2.78. The van der Waals surface area contributed by atoms with Gasteiger partial charge >= 0.3 is 0 Å². The van der Waals surface area contributed by atoms with Crippen molar-refractivity contribution < 1.29 is 10.2 Å². The minimum atomic E-state index is -0.149. The van der Waals surface area contributed by atoms with Gasteiger partial charge in [0.15, 0.2) is 0 Å². The van der Waals surface area contributed by atoms with E-state index in [1.54, 1.807) is 0 Å². The Hall–Kier alpha value is -1.28. The van der Waals surface area contributed by atoms with Crippen LogP contribution in [0.2, 0.25) is 0 Å². The molecule has 0 spiro atoms. The van der Waals surface area contributed by atoms with Crippen LogP contribution < -0.4 is 0 Å². The van der Waals surface area contributed by atoms with Crippen molar-refractivity contribution in [3.05, 3.63) is 34.9 Å². The van der Waals surface area contributed by atoms with Crippen LogP contribution in [0.4, 0.5) is 0 Å². The number of fused-ring (bicyclic) bond motifs is 5. The zero-order valence-electron chi connectivity index (χ0n) is 12.8. The molecule has 4 rings (SSSR count). The topological polar surface area (TPSA) is 40.5 Å². The summed E-state index contributed by atoms with van der Waals surface area (Å²) in [4.78, 5) is 0. The molecule has 0 bridgehead atoms. The number of aromatic hydroxyl groups is 1. The standard InChI is InChI=1S/C19H24O2/c1-11-3-7-16(20)18-12(11)4-5-13-14(18)9-10-19(2)15(13)6-8-17(19)21/h3-5,7,13-15,17,20-21H,6,8-10H2,1-2H3/t13-,14+,15+,17+,19+/m1/s1. The summed E-state index contributed by atoms with van der Waals surface area (Å²) in [6.07, 6.45) is 8.62. The number of phenolic OH excluding ortho intramolecular Hbond substituents is 1. The largest absolute Gasteiger partial charge is 0.508 e. The molecule has 0 aliphatic heterocycles. The second-order valence-electron chi connectivity index (χ2n) is 7.52. The van der Waals surface area contributed by atoms with Gasteiger partial charge in [-0.2, -0.15) is 0 Å². The zero-order chi connectivity index (χ0) is 14.8. The third kappa shape index (κ3) is 1.69. The van der Waals surface area contributed by atoms with Crippen LogP contribution in [0.25, 0.3) is 6.08 Å². The molecule has 2 N–H and O–H groups in total. The van der Waals surface area contributed by atoms with Gasteiger partial charge in [0, 0.05) is 5.56 Å². The zero-order valence-corrected chi connectivity index (χ0v) is 12.8. The molecular formula is C19H24O2. The number of aliphatic hydroxyl groups is 1. The summed E-state index contributed by atoms with van der Waals surface area (Å²) in [7, 11) is 0. The van der Waals surface area contributed by atoms with Crippen LogP contribution in [0.5, 0.6) is 5.75 Å².